The molecule has 0 aromatic carbocycles. The van der Waals surface area contributed by atoms with Crippen LogP contribution in [-0.2, 0) is 23.9 Å². The van der Waals surface area contributed by atoms with E-state index in [4.69, 9.17) is 10.5 Å². The minimum atomic E-state index is -4.55. The van der Waals surface area contributed by atoms with E-state index in [1.165, 1.54) is 7.11 Å². The normalized spacial score (nSPS) is 33.5. The van der Waals surface area contributed by atoms with Gasteiger partial charge in [-0.05, 0) is 43.2 Å². The van der Waals surface area contributed by atoms with Crippen LogP contribution < -0.4 is 10.5 Å². The zero-order valence-electron chi connectivity index (χ0n) is 14.8. The molecule has 4 atom stereocenters. The molecule has 1 spiro atoms. The lowest BCUT2D eigenvalue weighted by Gasteiger charge is -2.34. The van der Waals surface area contributed by atoms with Crippen LogP contribution in [0.25, 0.3) is 0 Å². The second-order valence-corrected chi connectivity index (χ2v) is 7.80. The molecule has 1 saturated heterocycles. The highest BCUT2D eigenvalue weighted by molar-refractivity contribution is 5.87. The standard InChI is InChI=1S/C18H22F3N3O2/c1-9-13-6-12-10(5-14(18(19,20)21)23-15(12)26-2)8-24(13)16(25)17(9)4-3-11(22)7-17/h5,9,11,13H,3-4,6-8,22H2,1-2H3/t9?,11-,13?,17+/m1/s1. The fraction of sp³-hybridized carbons (Fsp3) is 0.667. The molecular formula is C18H22F3N3O2. The maximum atomic E-state index is 13.2. The highest BCUT2D eigenvalue weighted by Crippen LogP contribution is 2.54. The molecule has 4 rings (SSSR count). The Labute approximate surface area is 149 Å². The zero-order chi connectivity index (χ0) is 18.9. The van der Waals surface area contributed by atoms with Crippen molar-refractivity contribution >= 4 is 5.91 Å². The van der Waals surface area contributed by atoms with Gasteiger partial charge in [0.15, 0.2) is 0 Å². The average Bonchev–Trinajstić information content (AvgIpc) is 3.07. The van der Waals surface area contributed by atoms with Gasteiger partial charge in [0.2, 0.25) is 11.8 Å². The van der Waals surface area contributed by atoms with E-state index >= 15 is 0 Å². The molecule has 1 aromatic heterocycles. The molecule has 2 unspecified atom stereocenters. The van der Waals surface area contributed by atoms with Crippen molar-refractivity contribution in [3.8, 4) is 5.88 Å². The molecule has 2 fully saturated rings. The van der Waals surface area contributed by atoms with Crippen LogP contribution in [0.15, 0.2) is 6.07 Å². The zero-order valence-corrected chi connectivity index (χ0v) is 14.8. The molecular weight excluding hydrogens is 347 g/mol. The summed E-state index contributed by atoms with van der Waals surface area (Å²) in [6.07, 6.45) is -1.87. The fourth-order valence-electron chi connectivity index (χ4n) is 5.13. The molecule has 0 bridgehead atoms. The van der Waals surface area contributed by atoms with Gasteiger partial charge in [0.25, 0.3) is 0 Å². The van der Waals surface area contributed by atoms with Crippen molar-refractivity contribution in [2.24, 2.45) is 17.1 Å². The lowest BCUT2D eigenvalue weighted by Crippen LogP contribution is -2.40. The summed E-state index contributed by atoms with van der Waals surface area (Å²) in [5.74, 6) is 0.153. The predicted molar refractivity (Wildman–Crippen MR) is 87.3 cm³/mol. The Hall–Kier alpha value is -1.83. The number of hydrogen-bond acceptors (Lipinski definition) is 4. The number of nitrogens with two attached hydrogens (primary N) is 1. The fourth-order valence-corrected chi connectivity index (χ4v) is 5.13. The van der Waals surface area contributed by atoms with Gasteiger partial charge in [-0.3, -0.25) is 4.79 Å². The summed E-state index contributed by atoms with van der Waals surface area (Å²) in [5.41, 5.74) is 5.77. The van der Waals surface area contributed by atoms with Gasteiger partial charge in [0.05, 0.1) is 12.5 Å². The highest BCUT2D eigenvalue weighted by atomic mass is 19.4. The lowest BCUT2D eigenvalue weighted by molar-refractivity contribution is -0.141. The number of methoxy groups -OCH3 is 1. The van der Waals surface area contributed by atoms with Crippen LogP contribution in [0.2, 0.25) is 0 Å². The van der Waals surface area contributed by atoms with E-state index in [1.54, 1.807) is 4.90 Å². The minimum Gasteiger partial charge on any atom is -0.481 e. The van der Waals surface area contributed by atoms with Crippen molar-refractivity contribution in [2.75, 3.05) is 7.11 Å². The first-order chi connectivity index (χ1) is 12.2. The number of amides is 1. The molecule has 8 heteroatoms. The summed E-state index contributed by atoms with van der Waals surface area (Å²) in [4.78, 5) is 18.6. The summed E-state index contributed by atoms with van der Waals surface area (Å²) in [6, 6.07) is 1.02. The van der Waals surface area contributed by atoms with Crippen LogP contribution >= 0.6 is 0 Å². The second-order valence-electron chi connectivity index (χ2n) is 7.80. The largest absolute Gasteiger partial charge is 0.481 e. The van der Waals surface area contributed by atoms with Gasteiger partial charge in [-0.2, -0.15) is 13.2 Å². The third-order valence-electron chi connectivity index (χ3n) is 6.54. The van der Waals surface area contributed by atoms with Crippen LogP contribution in [0.4, 0.5) is 13.2 Å². The van der Waals surface area contributed by atoms with Gasteiger partial charge in [-0.25, -0.2) is 4.98 Å². The molecule has 3 heterocycles. The number of pyridine rings is 1. The van der Waals surface area contributed by atoms with Crippen molar-refractivity contribution < 1.29 is 22.7 Å². The third-order valence-corrected chi connectivity index (χ3v) is 6.54. The number of nitrogens with zero attached hydrogens (tertiary/aromatic N) is 2. The summed E-state index contributed by atoms with van der Waals surface area (Å²) >= 11 is 0. The molecule has 26 heavy (non-hydrogen) atoms. The minimum absolute atomic E-state index is 0.0122. The third kappa shape index (κ3) is 2.34. The SMILES string of the molecule is COc1nc(C(F)(F)F)cc2c1CC1C(C)[C@@]3(CC[C@@H](N)C3)C(=O)N1C2. The van der Waals surface area contributed by atoms with E-state index < -0.39 is 17.3 Å². The number of carbonyl (C=O) groups excluding carboxylic acids is 1. The first-order valence-electron chi connectivity index (χ1n) is 8.88. The maximum Gasteiger partial charge on any atom is 0.433 e. The highest BCUT2D eigenvalue weighted by Gasteiger charge is 2.60. The second kappa shape index (κ2) is 5.58. The summed E-state index contributed by atoms with van der Waals surface area (Å²) in [7, 11) is 1.33. The topological polar surface area (TPSA) is 68.5 Å². The number of aromatic nitrogens is 1. The number of fused-ring (bicyclic) bond motifs is 2. The summed E-state index contributed by atoms with van der Waals surface area (Å²) in [6.45, 7) is 2.23. The predicted octanol–water partition coefficient (Wildman–Crippen LogP) is 2.51. The Morgan fingerprint density at radius 1 is 1.42 bits per heavy atom. The van der Waals surface area contributed by atoms with E-state index in [9.17, 15) is 18.0 Å². The summed E-state index contributed by atoms with van der Waals surface area (Å²) in [5, 5.41) is 0. The van der Waals surface area contributed by atoms with Crippen molar-refractivity contribution in [3.63, 3.8) is 0 Å². The van der Waals surface area contributed by atoms with Crippen molar-refractivity contribution in [2.45, 2.75) is 57.4 Å². The van der Waals surface area contributed by atoms with Crippen molar-refractivity contribution in [1.29, 1.82) is 0 Å². The molecule has 2 N–H and O–H groups in total. The number of ether oxygens (including phenoxy) is 1. The Balaban J connectivity index is 1.75. The van der Waals surface area contributed by atoms with Crippen molar-refractivity contribution in [1.82, 2.24) is 9.88 Å². The number of hydrogen-bond donors (Lipinski definition) is 1. The van der Waals surface area contributed by atoms with Gasteiger partial charge in [-0.15, -0.1) is 0 Å². The first kappa shape index (κ1) is 17.6. The molecule has 2 aliphatic heterocycles. The maximum absolute atomic E-state index is 13.2. The van der Waals surface area contributed by atoms with Gasteiger partial charge < -0.3 is 15.4 Å². The van der Waals surface area contributed by atoms with Crippen LogP contribution in [0.1, 0.15) is 43.0 Å². The van der Waals surface area contributed by atoms with E-state index in [2.05, 4.69) is 11.9 Å². The van der Waals surface area contributed by atoms with E-state index in [1.807, 2.05) is 0 Å². The molecule has 1 aliphatic carbocycles. The lowest BCUT2D eigenvalue weighted by atomic mass is 9.73. The monoisotopic (exact) mass is 369 g/mol. The molecule has 5 nitrogen and oxygen atoms in total. The summed E-state index contributed by atoms with van der Waals surface area (Å²) < 4.78 is 44.6. The molecule has 1 amide bonds. The Morgan fingerprint density at radius 2 is 2.15 bits per heavy atom. The first-order valence-corrected chi connectivity index (χ1v) is 8.88. The molecule has 3 aliphatic rings. The molecule has 142 valence electrons. The van der Waals surface area contributed by atoms with Crippen LogP contribution in [-0.4, -0.2) is 35.0 Å². The number of alkyl halides is 3. The molecule has 0 radical (unpaired) electrons. The van der Waals surface area contributed by atoms with Crippen LogP contribution in [0, 0.1) is 11.3 Å². The van der Waals surface area contributed by atoms with Gasteiger partial charge in [0.1, 0.15) is 5.69 Å². The van der Waals surface area contributed by atoms with Gasteiger partial charge in [-0.1, -0.05) is 6.92 Å². The van der Waals surface area contributed by atoms with Crippen LogP contribution in [0.5, 0.6) is 5.88 Å². The quantitative estimate of drug-likeness (QED) is 0.826. The Bertz CT molecular complexity index is 767. The Morgan fingerprint density at radius 3 is 2.73 bits per heavy atom. The Kier molecular flexibility index (Phi) is 3.77. The number of rotatable bonds is 1. The smallest absolute Gasteiger partial charge is 0.433 e. The molecule has 1 aromatic rings. The van der Waals surface area contributed by atoms with Gasteiger partial charge in [0, 0.05) is 24.2 Å². The average molecular weight is 369 g/mol. The number of carbonyl (C=O) groups is 1. The number of halogens is 3. The molecule has 1 saturated carbocycles. The van der Waals surface area contributed by atoms with E-state index in [-0.39, 0.29) is 36.3 Å². The van der Waals surface area contributed by atoms with Gasteiger partial charge >= 0.3 is 6.18 Å². The van der Waals surface area contributed by atoms with E-state index in [0.717, 1.165) is 18.9 Å². The van der Waals surface area contributed by atoms with Crippen LogP contribution in [0.3, 0.4) is 0 Å². The van der Waals surface area contributed by atoms with Crippen molar-refractivity contribution in [3.05, 3.63) is 22.9 Å². The van der Waals surface area contributed by atoms with E-state index in [0.29, 0.717) is 24.0 Å².